The second-order valence-corrected chi connectivity index (χ2v) is 6.77. The molecular weight excluding hydrogens is 390 g/mol. The minimum atomic E-state index is -0.141. The van der Waals surface area contributed by atoms with Crippen molar-refractivity contribution in [2.75, 3.05) is 24.5 Å². The topological polar surface area (TPSA) is 44.4 Å². The summed E-state index contributed by atoms with van der Waals surface area (Å²) in [5.74, 6) is 0. The highest BCUT2D eigenvalue weighted by molar-refractivity contribution is 9.11. The summed E-state index contributed by atoms with van der Waals surface area (Å²) >= 11 is 3.52. The van der Waals surface area contributed by atoms with Crippen LogP contribution in [0.2, 0.25) is 0 Å². The van der Waals surface area contributed by atoms with E-state index in [1.165, 1.54) is 11.3 Å². The van der Waals surface area contributed by atoms with Gasteiger partial charge in [0, 0.05) is 35.5 Å². The van der Waals surface area contributed by atoms with Gasteiger partial charge in [0.05, 0.1) is 0 Å². The predicted molar refractivity (Wildman–Crippen MR) is 116 cm³/mol. The molecule has 26 heavy (non-hydrogen) atoms. The van der Waals surface area contributed by atoms with E-state index in [0.717, 1.165) is 42.5 Å². The first kappa shape index (κ1) is 22.3. The van der Waals surface area contributed by atoms with E-state index in [9.17, 15) is 4.79 Å². The summed E-state index contributed by atoms with van der Waals surface area (Å²) in [5.41, 5.74) is 3.39. The summed E-state index contributed by atoms with van der Waals surface area (Å²) in [5, 5.41) is 5.91. The fraction of sp³-hybridized carbons (Fsp3) is 0.476. The average molecular weight is 422 g/mol. The first-order valence-corrected chi connectivity index (χ1v) is 10.3. The molecule has 1 aliphatic rings. The summed E-state index contributed by atoms with van der Waals surface area (Å²) < 4.78 is 0.963. The molecule has 2 rings (SSSR count). The second kappa shape index (κ2) is 12.6. The lowest BCUT2D eigenvalue weighted by Gasteiger charge is -2.23. The maximum atomic E-state index is 12.1. The molecule has 2 amide bonds. The summed E-state index contributed by atoms with van der Waals surface area (Å²) in [7, 11) is 0. The maximum absolute atomic E-state index is 12.1. The van der Waals surface area contributed by atoms with E-state index in [0.29, 0.717) is 6.54 Å². The van der Waals surface area contributed by atoms with Gasteiger partial charge in [-0.1, -0.05) is 38.1 Å². The Morgan fingerprint density at radius 2 is 2.08 bits per heavy atom. The van der Waals surface area contributed by atoms with Crippen molar-refractivity contribution in [1.82, 2.24) is 10.6 Å². The van der Waals surface area contributed by atoms with E-state index < -0.39 is 0 Å². The van der Waals surface area contributed by atoms with E-state index in [1.807, 2.05) is 19.9 Å². The van der Waals surface area contributed by atoms with E-state index in [2.05, 4.69) is 75.7 Å². The van der Waals surface area contributed by atoms with Crippen LogP contribution in [0.4, 0.5) is 10.5 Å². The van der Waals surface area contributed by atoms with Gasteiger partial charge in [0.15, 0.2) is 0 Å². The number of likely N-dealkylation sites (N-methyl/N-ethyl adjacent to an activating group) is 1. The van der Waals surface area contributed by atoms with E-state index in [1.54, 1.807) is 0 Å². The number of hydrogen-bond acceptors (Lipinski definition) is 2. The van der Waals surface area contributed by atoms with Crippen LogP contribution in [0.15, 0.2) is 46.6 Å². The third-order valence-electron chi connectivity index (χ3n) is 4.03. The number of aryl methyl sites for hydroxylation is 1. The zero-order valence-electron chi connectivity index (χ0n) is 16.4. The number of halogens is 1. The Balaban J connectivity index is 0.00000163. The number of urea groups is 1. The van der Waals surface area contributed by atoms with Crippen LogP contribution in [0.5, 0.6) is 0 Å². The molecule has 0 heterocycles. The van der Waals surface area contributed by atoms with Crippen LogP contribution in [0, 0.1) is 6.92 Å². The van der Waals surface area contributed by atoms with Crippen LogP contribution < -0.4 is 15.5 Å². The largest absolute Gasteiger partial charge is 0.370 e. The minimum absolute atomic E-state index is 0.141. The summed E-state index contributed by atoms with van der Waals surface area (Å²) in [6, 6.07) is 8.30. The lowest BCUT2D eigenvalue weighted by molar-refractivity contribution is 0.243. The molecule has 0 saturated heterocycles. The molecule has 0 aliphatic heterocycles. The Hall–Kier alpha value is -1.75. The molecule has 0 radical (unpaired) electrons. The van der Waals surface area contributed by atoms with Gasteiger partial charge in [-0.15, -0.1) is 0 Å². The summed E-state index contributed by atoms with van der Waals surface area (Å²) in [6.45, 7) is 10.5. The third kappa shape index (κ3) is 7.65. The molecular formula is C21H32BrN3O. The van der Waals surface area contributed by atoms with Gasteiger partial charge in [-0.3, -0.25) is 0 Å². The van der Waals surface area contributed by atoms with Crippen molar-refractivity contribution in [1.29, 1.82) is 0 Å². The number of amides is 2. The van der Waals surface area contributed by atoms with Crippen LogP contribution >= 0.6 is 15.9 Å². The van der Waals surface area contributed by atoms with E-state index in [4.69, 9.17) is 0 Å². The zero-order valence-corrected chi connectivity index (χ0v) is 18.0. The lowest BCUT2D eigenvalue weighted by atomic mass is 10.2. The molecule has 4 nitrogen and oxygen atoms in total. The summed E-state index contributed by atoms with van der Waals surface area (Å²) in [4.78, 5) is 14.4. The minimum Gasteiger partial charge on any atom is -0.370 e. The number of benzene rings is 1. The Bertz CT molecular complexity index is 625. The Kier molecular flexibility index (Phi) is 10.8. The highest BCUT2D eigenvalue weighted by Crippen LogP contribution is 2.21. The first-order valence-electron chi connectivity index (χ1n) is 9.52. The number of carbonyl (C=O) groups is 1. The molecule has 0 unspecified atom stereocenters. The number of allylic oxidation sites excluding steroid dienone is 4. The van der Waals surface area contributed by atoms with Crippen molar-refractivity contribution >= 4 is 27.6 Å². The highest BCUT2D eigenvalue weighted by Gasteiger charge is 2.10. The van der Waals surface area contributed by atoms with Crippen LogP contribution in [0.1, 0.15) is 45.6 Å². The van der Waals surface area contributed by atoms with Crippen molar-refractivity contribution in [2.24, 2.45) is 0 Å². The molecule has 1 aliphatic carbocycles. The number of hydrogen-bond donors (Lipinski definition) is 2. The third-order valence-corrected chi connectivity index (χ3v) is 4.77. The SMILES string of the molecule is CC.CCN(CCNC(=O)NC1=C(Br)C=CCCC1)c1cccc(C)c1. The predicted octanol–water partition coefficient (Wildman–Crippen LogP) is 5.49. The quantitative estimate of drug-likeness (QED) is 0.637. The van der Waals surface area contributed by atoms with Crippen LogP contribution in [0.3, 0.4) is 0 Å². The highest BCUT2D eigenvalue weighted by atomic mass is 79.9. The van der Waals surface area contributed by atoms with Gasteiger partial charge in [0.2, 0.25) is 0 Å². The summed E-state index contributed by atoms with van der Waals surface area (Å²) in [6.07, 6.45) is 7.12. The number of nitrogens with one attached hydrogen (secondary N) is 2. The van der Waals surface area contributed by atoms with Gasteiger partial charge in [-0.05, 0) is 66.7 Å². The van der Waals surface area contributed by atoms with E-state index in [-0.39, 0.29) is 6.03 Å². The molecule has 0 bridgehead atoms. The molecule has 1 aromatic carbocycles. The average Bonchev–Trinajstić information content (AvgIpc) is 2.85. The normalized spacial score (nSPS) is 13.4. The smallest absolute Gasteiger partial charge is 0.319 e. The monoisotopic (exact) mass is 421 g/mol. The van der Waals surface area contributed by atoms with Crippen molar-refractivity contribution < 1.29 is 4.79 Å². The first-order chi connectivity index (χ1) is 12.6. The standard InChI is InChI=1S/C19H26BrN3O.C2H6/c1-3-23(16-9-7-8-15(2)14-16)13-12-21-19(24)22-18-11-6-4-5-10-17(18)20;1-2/h5,7-10,14H,3-4,6,11-13H2,1-2H3,(H2,21,22,24);1-2H3. The molecule has 0 aromatic heterocycles. The molecule has 2 N–H and O–H groups in total. The van der Waals surface area contributed by atoms with Crippen molar-refractivity contribution in [3.63, 3.8) is 0 Å². The number of anilines is 1. The van der Waals surface area contributed by atoms with Crippen molar-refractivity contribution in [3.05, 3.63) is 52.2 Å². The molecule has 0 atom stereocenters. The van der Waals surface area contributed by atoms with Crippen molar-refractivity contribution in [3.8, 4) is 0 Å². The number of nitrogens with zero attached hydrogens (tertiary/aromatic N) is 1. The molecule has 0 spiro atoms. The van der Waals surface area contributed by atoms with Crippen LogP contribution in [-0.2, 0) is 0 Å². The van der Waals surface area contributed by atoms with Gasteiger partial charge < -0.3 is 15.5 Å². The Morgan fingerprint density at radius 3 is 2.77 bits per heavy atom. The fourth-order valence-electron chi connectivity index (χ4n) is 2.71. The van der Waals surface area contributed by atoms with E-state index >= 15 is 0 Å². The van der Waals surface area contributed by atoms with Crippen LogP contribution in [-0.4, -0.2) is 25.7 Å². The second-order valence-electron chi connectivity index (χ2n) is 5.92. The maximum Gasteiger partial charge on any atom is 0.319 e. The number of carbonyl (C=O) groups excluding carboxylic acids is 1. The van der Waals surface area contributed by atoms with Gasteiger partial charge >= 0.3 is 6.03 Å². The van der Waals surface area contributed by atoms with Crippen LogP contribution in [0.25, 0.3) is 0 Å². The zero-order chi connectivity index (χ0) is 19.4. The molecule has 0 saturated carbocycles. The fourth-order valence-corrected chi connectivity index (χ4v) is 3.19. The van der Waals surface area contributed by atoms with Gasteiger partial charge in [-0.25, -0.2) is 4.79 Å². The van der Waals surface area contributed by atoms with Gasteiger partial charge in [0.25, 0.3) is 0 Å². The molecule has 0 fully saturated rings. The Morgan fingerprint density at radius 1 is 1.31 bits per heavy atom. The lowest BCUT2D eigenvalue weighted by Crippen LogP contribution is -2.40. The molecule has 144 valence electrons. The van der Waals surface area contributed by atoms with Gasteiger partial charge in [0.1, 0.15) is 0 Å². The Labute approximate surface area is 166 Å². The molecule has 1 aromatic rings. The van der Waals surface area contributed by atoms with Crippen molar-refractivity contribution in [2.45, 2.75) is 47.0 Å². The number of rotatable bonds is 6. The molecule has 5 heteroatoms. The van der Waals surface area contributed by atoms with Gasteiger partial charge in [-0.2, -0.15) is 0 Å².